The minimum atomic E-state index is -0.0489. The molecule has 2 heterocycles. The van der Waals surface area contributed by atoms with Gasteiger partial charge in [-0.25, -0.2) is 0 Å². The Morgan fingerprint density at radius 3 is 2.48 bits per heavy atom. The first-order valence-electron chi connectivity index (χ1n) is 9.15. The molecule has 6 nitrogen and oxygen atoms in total. The normalized spacial score (nSPS) is 23.1. The zero-order valence-electron chi connectivity index (χ0n) is 15.1. The summed E-state index contributed by atoms with van der Waals surface area (Å²) < 4.78 is 0. The van der Waals surface area contributed by atoms with Gasteiger partial charge in [0.05, 0.1) is 6.04 Å². The molecule has 1 aromatic carbocycles. The summed E-state index contributed by atoms with van der Waals surface area (Å²) in [4.78, 5) is 31.3. The molecule has 136 valence electrons. The highest BCUT2D eigenvalue weighted by atomic mass is 16.2. The third-order valence-corrected chi connectivity index (χ3v) is 5.24. The molecule has 0 bridgehead atoms. The van der Waals surface area contributed by atoms with E-state index in [1.165, 1.54) is 0 Å². The van der Waals surface area contributed by atoms with E-state index in [0.29, 0.717) is 19.6 Å². The standard InChI is InChI=1S/C19H28N4O2/c1-15(14-20-2)18(24)22-12-10-21(11-13-22)17-8-9-23(19(17)25)16-6-4-3-5-7-16/h3-7,15,17,20H,8-14H2,1-2H3. The lowest BCUT2D eigenvalue weighted by molar-refractivity contribution is -0.137. The van der Waals surface area contributed by atoms with Gasteiger partial charge in [-0.15, -0.1) is 0 Å². The van der Waals surface area contributed by atoms with Crippen molar-refractivity contribution in [3.63, 3.8) is 0 Å². The number of amides is 2. The van der Waals surface area contributed by atoms with E-state index in [4.69, 9.17) is 0 Å². The van der Waals surface area contributed by atoms with Gasteiger partial charge in [0.2, 0.25) is 11.8 Å². The molecule has 0 aliphatic carbocycles. The van der Waals surface area contributed by atoms with Crippen LogP contribution >= 0.6 is 0 Å². The van der Waals surface area contributed by atoms with Crippen LogP contribution in [0.4, 0.5) is 5.69 Å². The molecule has 0 aromatic heterocycles. The molecular weight excluding hydrogens is 316 g/mol. The van der Waals surface area contributed by atoms with E-state index in [9.17, 15) is 9.59 Å². The minimum absolute atomic E-state index is 0.00163. The van der Waals surface area contributed by atoms with Crippen LogP contribution in [0.3, 0.4) is 0 Å². The fourth-order valence-electron chi connectivity index (χ4n) is 3.83. The smallest absolute Gasteiger partial charge is 0.244 e. The van der Waals surface area contributed by atoms with Crippen LogP contribution in [0.2, 0.25) is 0 Å². The highest BCUT2D eigenvalue weighted by Gasteiger charge is 2.38. The topological polar surface area (TPSA) is 55.9 Å². The first kappa shape index (κ1) is 17.9. The molecule has 2 atom stereocenters. The number of carbonyl (C=O) groups excluding carboxylic acids is 2. The molecular formula is C19H28N4O2. The van der Waals surface area contributed by atoms with Gasteiger partial charge in [-0.2, -0.15) is 0 Å². The Labute approximate surface area is 149 Å². The number of nitrogens with zero attached hydrogens (tertiary/aromatic N) is 3. The van der Waals surface area contributed by atoms with Crippen LogP contribution in [0.5, 0.6) is 0 Å². The fourth-order valence-corrected chi connectivity index (χ4v) is 3.83. The van der Waals surface area contributed by atoms with E-state index in [1.54, 1.807) is 0 Å². The molecule has 0 spiro atoms. The van der Waals surface area contributed by atoms with Gasteiger partial charge in [-0.1, -0.05) is 25.1 Å². The van der Waals surface area contributed by atoms with Gasteiger partial charge in [-0.05, 0) is 25.6 Å². The summed E-state index contributed by atoms with van der Waals surface area (Å²) in [5.74, 6) is 0.394. The van der Waals surface area contributed by atoms with Crippen molar-refractivity contribution in [1.29, 1.82) is 0 Å². The first-order chi connectivity index (χ1) is 12.1. The van der Waals surface area contributed by atoms with Crippen molar-refractivity contribution in [1.82, 2.24) is 15.1 Å². The van der Waals surface area contributed by atoms with Crippen molar-refractivity contribution in [3.05, 3.63) is 30.3 Å². The lowest BCUT2D eigenvalue weighted by Crippen LogP contribution is -2.55. The number of nitrogens with one attached hydrogen (secondary N) is 1. The monoisotopic (exact) mass is 344 g/mol. The maximum Gasteiger partial charge on any atom is 0.244 e. The van der Waals surface area contributed by atoms with Crippen molar-refractivity contribution in [2.75, 3.05) is 51.2 Å². The molecule has 2 amide bonds. The van der Waals surface area contributed by atoms with E-state index in [-0.39, 0.29) is 23.8 Å². The van der Waals surface area contributed by atoms with Crippen LogP contribution < -0.4 is 10.2 Å². The van der Waals surface area contributed by atoms with E-state index in [1.807, 2.05) is 54.1 Å². The second-order valence-electron chi connectivity index (χ2n) is 6.95. The number of piperazine rings is 1. The molecule has 0 radical (unpaired) electrons. The SMILES string of the molecule is CNCC(C)C(=O)N1CCN(C2CCN(c3ccccc3)C2=O)CC1. The number of hydrogen-bond acceptors (Lipinski definition) is 4. The second-order valence-corrected chi connectivity index (χ2v) is 6.95. The number of hydrogen-bond donors (Lipinski definition) is 1. The van der Waals surface area contributed by atoms with E-state index >= 15 is 0 Å². The van der Waals surface area contributed by atoms with Gasteiger partial charge >= 0.3 is 0 Å². The second kappa shape index (κ2) is 7.97. The van der Waals surface area contributed by atoms with Gasteiger partial charge in [0.1, 0.15) is 0 Å². The Bertz CT molecular complexity index is 599. The number of benzene rings is 1. The van der Waals surface area contributed by atoms with Crippen LogP contribution in [0.15, 0.2) is 30.3 Å². The van der Waals surface area contributed by atoms with Crippen molar-refractivity contribution >= 4 is 17.5 Å². The predicted molar refractivity (Wildman–Crippen MR) is 98.4 cm³/mol. The summed E-state index contributed by atoms with van der Waals surface area (Å²) in [7, 11) is 1.87. The quantitative estimate of drug-likeness (QED) is 0.858. The molecule has 2 unspecified atom stereocenters. The number of rotatable bonds is 5. The summed E-state index contributed by atoms with van der Waals surface area (Å²) in [6.45, 7) is 6.40. The Balaban J connectivity index is 1.55. The van der Waals surface area contributed by atoms with E-state index in [2.05, 4.69) is 10.2 Å². The van der Waals surface area contributed by atoms with Gasteiger partial charge in [0.25, 0.3) is 0 Å². The molecule has 3 rings (SSSR count). The van der Waals surface area contributed by atoms with Gasteiger partial charge in [0.15, 0.2) is 0 Å². The largest absolute Gasteiger partial charge is 0.340 e. The average Bonchev–Trinajstić information content (AvgIpc) is 3.03. The lowest BCUT2D eigenvalue weighted by Gasteiger charge is -2.38. The summed E-state index contributed by atoms with van der Waals surface area (Å²) in [6.07, 6.45) is 0.859. The number of para-hydroxylation sites is 1. The zero-order chi connectivity index (χ0) is 17.8. The van der Waals surface area contributed by atoms with Crippen molar-refractivity contribution in [2.24, 2.45) is 5.92 Å². The molecule has 1 aromatic rings. The molecule has 1 N–H and O–H groups in total. The number of carbonyl (C=O) groups is 2. The van der Waals surface area contributed by atoms with Gasteiger partial charge in [-0.3, -0.25) is 14.5 Å². The van der Waals surface area contributed by atoms with Crippen molar-refractivity contribution in [2.45, 2.75) is 19.4 Å². The summed E-state index contributed by atoms with van der Waals surface area (Å²) >= 11 is 0. The Morgan fingerprint density at radius 1 is 1.16 bits per heavy atom. The van der Waals surface area contributed by atoms with E-state index < -0.39 is 0 Å². The minimum Gasteiger partial charge on any atom is -0.340 e. The molecule has 6 heteroatoms. The molecule has 0 saturated carbocycles. The highest BCUT2D eigenvalue weighted by molar-refractivity contribution is 5.99. The third kappa shape index (κ3) is 3.85. The van der Waals surface area contributed by atoms with Crippen LogP contribution in [0, 0.1) is 5.92 Å². The summed E-state index contributed by atoms with van der Waals surface area (Å²) in [5, 5.41) is 3.06. The Kier molecular flexibility index (Phi) is 5.71. The lowest BCUT2D eigenvalue weighted by atomic mass is 10.1. The molecule has 2 aliphatic rings. The highest BCUT2D eigenvalue weighted by Crippen LogP contribution is 2.25. The van der Waals surface area contributed by atoms with E-state index in [0.717, 1.165) is 31.7 Å². The molecule has 2 aliphatic heterocycles. The van der Waals surface area contributed by atoms with Crippen LogP contribution in [0.25, 0.3) is 0 Å². The van der Waals surface area contributed by atoms with Crippen LogP contribution in [-0.4, -0.2) is 74.0 Å². The van der Waals surface area contributed by atoms with Crippen LogP contribution in [0.1, 0.15) is 13.3 Å². The van der Waals surface area contributed by atoms with Gasteiger partial charge < -0.3 is 15.1 Å². The Morgan fingerprint density at radius 2 is 1.84 bits per heavy atom. The maximum absolute atomic E-state index is 12.8. The summed E-state index contributed by atoms with van der Waals surface area (Å²) in [5.41, 5.74) is 0.977. The zero-order valence-corrected chi connectivity index (χ0v) is 15.1. The van der Waals surface area contributed by atoms with Crippen LogP contribution in [-0.2, 0) is 9.59 Å². The average molecular weight is 344 g/mol. The number of anilines is 1. The maximum atomic E-state index is 12.8. The van der Waals surface area contributed by atoms with Crippen molar-refractivity contribution < 1.29 is 9.59 Å². The van der Waals surface area contributed by atoms with Crippen molar-refractivity contribution in [3.8, 4) is 0 Å². The predicted octanol–water partition coefficient (Wildman–Crippen LogP) is 0.792. The molecule has 2 fully saturated rings. The van der Waals surface area contributed by atoms with Gasteiger partial charge in [0, 0.05) is 50.9 Å². The fraction of sp³-hybridized carbons (Fsp3) is 0.579. The third-order valence-electron chi connectivity index (χ3n) is 5.24. The first-order valence-corrected chi connectivity index (χ1v) is 9.15. The summed E-state index contributed by atoms with van der Waals surface area (Å²) in [6, 6.07) is 9.82. The Hall–Kier alpha value is -1.92. The molecule has 2 saturated heterocycles. The molecule has 25 heavy (non-hydrogen) atoms.